The van der Waals surface area contributed by atoms with Crippen LogP contribution < -0.4 is 16.2 Å². The van der Waals surface area contributed by atoms with Crippen molar-refractivity contribution in [2.24, 2.45) is 5.92 Å². The fraction of sp³-hybridized carbons (Fsp3) is 0.240. The summed E-state index contributed by atoms with van der Waals surface area (Å²) < 4.78 is 5.27. The maximum absolute atomic E-state index is 12.9. The van der Waals surface area contributed by atoms with Crippen molar-refractivity contribution < 1.29 is 14.3 Å². The highest BCUT2D eigenvalue weighted by Crippen LogP contribution is 2.21. The first kappa shape index (κ1) is 22.8. The maximum atomic E-state index is 12.9. The number of hydrogen-bond donors (Lipinski definition) is 3. The van der Waals surface area contributed by atoms with E-state index in [1.165, 1.54) is 6.07 Å². The van der Waals surface area contributed by atoms with Gasteiger partial charge in [-0.05, 0) is 47.2 Å². The first-order chi connectivity index (χ1) is 15.4. The standard InChI is InChI=1S/C25H27N3O4/c1-17(2)13-22(28-25(31)32-16-18-7-4-3-5-8-18)24(30)27-21-10-6-9-19(14-21)20-11-12-23(29)26-15-20/h3-12,14-15,17,22H,13,16H2,1-2H3,(H,26,29)(H,27,30)(H,28,31). The van der Waals surface area contributed by atoms with Crippen molar-refractivity contribution in [2.75, 3.05) is 5.32 Å². The van der Waals surface area contributed by atoms with Crippen molar-refractivity contribution in [3.63, 3.8) is 0 Å². The number of benzene rings is 2. The highest BCUT2D eigenvalue weighted by molar-refractivity contribution is 5.97. The highest BCUT2D eigenvalue weighted by atomic mass is 16.5. The Labute approximate surface area is 186 Å². The molecule has 0 saturated carbocycles. The van der Waals surface area contributed by atoms with Gasteiger partial charge < -0.3 is 20.4 Å². The second-order valence-corrected chi connectivity index (χ2v) is 7.90. The van der Waals surface area contributed by atoms with Gasteiger partial charge in [-0.2, -0.15) is 0 Å². The monoisotopic (exact) mass is 433 g/mol. The second-order valence-electron chi connectivity index (χ2n) is 7.90. The van der Waals surface area contributed by atoms with Crippen molar-refractivity contribution in [2.45, 2.75) is 32.9 Å². The van der Waals surface area contributed by atoms with Crippen LogP contribution in [0.2, 0.25) is 0 Å². The van der Waals surface area contributed by atoms with Gasteiger partial charge in [0, 0.05) is 18.0 Å². The van der Waals surface area contributed by atoms with Crippen LogP contribution in [0.1, 0.15) is 25.8 Å². The number of H-pyrrole nitrogens is 1. The summed E-state index contributed by atoms with van der Waals surface area (Å²) in [5, 5.41) is 5.55. The van der Waals surface area contributed by atoms with E-state index in [1.807, 2.05) is 62.4 Å². The van der Waals surface area contributed by atoms with Crippen LogP contribution in [-0.4, -0.2) is 23.0 Å². The van der Waals surface area contributed by atoms with Crippen molar-refractivity contribution in [3.8, 4) is 11.1 Å². The van der Waals surface area contributed by atoms with Gasteiger partial charge in [0.2, 0.25) is 11.5 Å². The molecule has 32 heavy (non-hydrogen) atoms. The lowest BCUT2D eigenvalue weighted by Gasteiger charge is -2.20. The highest BCUT2D eigenvalue weighted by Gasteiger charge is 2.23. The summed E-state index contributed by atoms with van der Waals surface area (Å²) in [6, 6.07) is 19.0. The molecule has 7 nitrogen and oxygen atoms in total. The Balaban J connectivity index is 1.65. The van der Waals surface area contributed by atoms with E-state index in [0.29, 0.717) is 12.1 Å². The molecule has 0 spiro atoms. The van der Waals surface area contributed by atoms with Crippen LogP contribution in [0.15, 0.2) is 77.7 Å². The van der Waals surface area contributed by atoms with E-state index in [-0.39, 0.29) is 24.0 Å². The molecule has 2 amide bonds. The minimum Gasteiger partial charge on any atom is -0.445 e. The molecule has 1 aromatic heterocycles. The van der Waals surface area contributed by atoms with Crippen LogP contribution in [0.25, 0.3) is 11.1 Å². The third-order valence-corrected chi connectivity index (χ3v) is 4.78. The van der Waals surface area contributed by atoms with E-state index >= 15 is 0 Å². The Morgan fingerprint density at radius 3 is 2.44 bits per heavy atom. The van der Waals surface area contributed by atoms with E-state index in [0.717, 1.165) is 16.7 Å². The number of amides is 2. The van der Waals surface area contributed by atoms with Gasteiger partial charge in [-0.25, -0.2) is 4.79 Å². The number of aromatic nitrogens is 1. The Morgan fingerprint density at radius 2 is 1.75 bits per heavy atom. The van der Waals surface area contributed by atoms with Crippen molar-refractivity contribution >= 4 is 17.7 Å². The summed E-state index contributed by atoms with van der Waals surface area (Å²) in [5.74, 6) is -0.137. The summed E-state index contributed by atoms with van der Waals surface area (Å²) in [4.78, 5) is 39.1. The van der Waals surface area contributed by atoms with E-state index in [2.05, 4.69) is 15.6 Å². The van der Waals surface area contributed by atoms with Gasteiger partial charge in [-0.3, -0.25) is 9.59 Å². The third-order valence-electron chi connectivity index (χ3n) is 4.78. The molecule has 0 aliphatic carbocycles. The molecule has 2 aromatic carbocycles. The average molecular weight is 434 g/mol. The van der Waals surface area contributed by atoms with Gasteiger partial charge in [0.15, 0.2) is 0 Å². The predicted octanol–water partition coefficient (Wildman–Crippen LogP) is 4.32. The molecule has 0 saturated heterocycles. The van der Waals surface area contributed by atoms with Crippen LogP contribution in [-0.2, 0) is 16.1 Å². The number of ether oxygens (including phenoxy) is 1. The number of nitrogens with one attached hydrogen (secondary N) is 3. The third kappa shape index (κ3) is 6.84. The van der Waals surface area contributed by atoms with Crippen LogP contribution in [0.5, 0.6) is 0 Å². The number of alkyl carbamates (subject to hydrolysis) is 1. The number of anilines is 1. The molecule has 166 valence electrons. The van der Waals surface area contributed by atoms with Crippen LogP contribution in [0, 0.1) is 5.92 Å². The molecule has 0 aliphatic heterocycles. The average Bonchev–Trinajstić information content (AvgIpc) is 2.78. The minimum atomic E-state index is -0.741. The van der Waals surface area contributed by atoms with Gasteiger partial charge in [0.25, 0.3) is 0 Å². The lowest BCUT2D eigenvalue weighted by atomic mass is 10.0. The van der Waals surface area contributed by atoms with E-state index in [4.69, 9.17) is 4.74 Å². The van der Waals surface area contributed by atoms with E-state index < -0.39 is 12.1 Å². The lowest BCUT2D eigenvalue weighted by Crippen LogP contribution is -2.44. The molecule has 1 heterocycles. The zero-order chi connectivity index (χ0) is 22.9. The molecule has 0 fully saturated rings. The van der Waals surface area contributed by atoms with E-state index in [1.54, 1.807) is 18.3 Å². The Morgan fingerprint density at radius 1 is 0.969 bits per heavy atom. The van der Waals surface area contributed by atoms with Gasteiger partial charge >= 0.3 is 6.09 Å². The number of pyridine rings is 1. The Bertz CT molecular complexity index is 1090. The van der Waals surface area contributed by atoms with Gasteiger partial charge in [-0.15, -0.1) is 0 Å². The zero-order valence-electron chi connectivity index (χ0n) is 18.1. The number of carbonyl (C=O) groups excluding carboxylic acids is 2. The number of rotatable bonds is 8. The Hall–Kier alpha value is -3.87. The quantitative estimate of drug-likeness (QED) is 0.492. The molecule has 1 unspecified atom stereocenters. The molecule has 0 aliphatic rings. The molecule has 3 N–H and O–H groups in total. The van der Waals surface area contributed by atoms with Gasteiger partial charge in [0.05, 0.1) is 0 Å². The molecule has 3 aromatic rings. The smallest absolute Gasteiger partial charge is 0.408 e. The SMILES string of the molecule is CC(C)CC(NC(=O)OCc1ccccc1)C(=O)Nc1cccc(-c2ccc(=O)[nH]c2)c1. The van der Waals surface area contributed by atoms with Gasteiger partial charge in [-0.1, -0.05) is 56.3 Å². The Kier molecular flexibility index (Phi) is 7.80. The normalized spacial score (nSPS) is 11.6. The van der Waals surface area contributed by atoms with Crippen LogP contribution in [0.4, 0.5) is 10.5 Å². The molecular weight excluding hydrogens is 406 g/mol. The molecule has 0 radical (unpaired) electrons. The summed E-state index contributed by atoms with van der Waals surface area (Å²) >= 11 is 0. The zero-order valence-corrected chi connectivity index (χ0v) is 18.1. The summed E-state index contributed by atoms with van der Waals surface area (Å²) in [5.41, 5.74) is 2.94. The minimum absolute atomic E-state index is 0.129. The topological polar surface area (TPSA) is 100 Å². The number of aromatic amines is 1. The largest absolute Gasteiger partial charge is 0.445 e. The van der Waals surface area contributed by atoms with Crippen LogP contribution in [0.3, 0.4) is 0 Å². The van der Waals surface area contributed by atoms with Crippen LogP contribution >= 0.6 is 0 Å². The fourth-order valence-corrected chi connectivity index (χ4v) is 3.21. The van der Waals surface area contributed by atoms with Crippen molar-refractivity contribution in [1.82, 2.24) is 10.3 Å². The molecular formula is C25H27N3O4. The molecule has 7 heteroatoms. The first-order valence-corrected chi connectivity index (χ1v) is 10.5. The summed E-state index contributed by atoms with van der Waals surface area (Å²) in [7, 11) is 0. The fourth-order valence-electron chi connectivity index (χ4n) is 3.21. The second kappa shape index (κ2) is 10.9. The van der Waals surface area contributed by atoms with Crippen molar-refractivity contribution in [1.29, 1.82) is 0 Å². The molecule has 0 bridgehead atoms. The van der Waals surface area contributed by atoms with Crippen molar-refractivity contribution in [3.05, 3.63) is 88.8 Å². The summed E-state index contributed by atoms with van der Waals surface area (Å²) in [6.07, 6.45) is 1.44. The van der Waals surface area contributed by atoms with Gasteiger partial charge in [0.1, 0.15) is 12.6 Å². The first-order valence-electron chi connectivity index (χ1n) is 10.5. The predicted molar refractivity (Wildman–Crippen MR) is 124 cm³/mol. The summed E-state index contributed by atoms with van der Waals surface area (Å²) in [6.45, 7) is 4.09. The lowest BCUT2D eigenvalue weighted by molar-refractivity contribution is -0.118. The number of hydrogen-bond acceptors (Lipinski definition) is 4. The number of carbonyl (C=O) groups is 2. The maximum Gasteiger partial charge on any atom is 0.408 e. The molecule has 1 atom stereocenters. The molecule has 3 rings (SSSR count). The van der Waals surface area contributed by atoms with E-state index in [9.17, 15) is 14.4 Å².